The van der Waals surface area contributed by atoms with E-state index in [1.54, 1.807) is 13.8 Å². The number of benzene rings is 3. The molecule has 0 saturated heterocycles. The van der Waals surface area contributed by atoms with Crippen LogP contribution in [0, 0.1) is 20.8 Å². The molecule has 0 radical (unpaired) electrons. The van der Waals surface area contributed by atoms with Gasteiger partial charge in [-0.3, -0.25) is 0 Å². The van der Waals surface area contributed by atoms with Gasteiger partial charge in [-0.25, -0.2) is 4.79 Å². The van der Waals surface area contributed by atoms with Gasteiger partial charge in [0, 0.05) is 18.2 Å². The molecule has 0 unspecified atom stereocenters. The smallest absolute Gasteiger partial charge is 0.449 e. The summed E-state index contributed by atoms with van der Waals surface area (Å²) >= 11 is 0. The first-order valence-electron chi connectivity index (χ1n) is 10.6. The van der Waals surface area contributed by atoms with E-state index in [-0.39, 0.29) is 19.1 Å². The third-order valence-electron chi connectivity index (χ3n) is 6.53. The Morgan fingerprint density at radius 2 is 1.53 bits per heavy atom. The zero-order valence-corrected chi connectivity index (χ0v) is 18.5. The number of carbonyl (C=O) groups excluding carboxylic acids is 1. The van der Waals surface area contributed by atoms with Crippen molar-refractivity contribution in [2.75, 3.05) is 12.3 Å². The van der Waals surface area contributed by atoms with Crippen molar-refractivity contribution in [3.63, 3.8) is 0 Å². The van der Waals surface area contributed by atoms with E-state index in [1.165, 1.54) is 11.1 Å². The molecule has 3 aromatic carbocycles. The lowest BCUT2D eigenvalue weighted by Gasteiger charge is -2.20. The average Bonchev–Trinajstić information content (AvgIpc) is 3.10. The normalized spacial score (nSPS) is 12.3. The molecule has 3 aromatic rings. The summed E-state index contributed by atoms with van der Waals surface area (Å²) in [4.78, 5) is 12.5. The molecule has 0 spiro atoms. The van der Waals surface area contributed by atoms with E-state index in [0.29, 0.717) is 22.3 Å². The van der Waals surface area contributed by atoms with E-state index in [1.807, 2.05) is 31.2 Å². The van der Waals surface area contributed by atoms with Crippen molar-refractivity contribution in [2.24, 2.45) is 0 Å². The van der Waals surface area contributed by atoms with Gasteiger partial charge in [0.15, 0.2) is 0 Å². The Morgan fingerprint density at radius 3 is 2.09 bits per heavy atom. The molecular formula is C25H27BN2O4. The van der Waals surface area contributed by atoms with Crippen LogP contribution in [0.25, 0.3) is 11.1 Å². The summed E-state index contributed by atoms with van der Waals surface area (Å²) < 4.78 is 5.59. The Balaban J connectivity index is 1.48. The van der Waals surface area contributed by atoms with Crippen molar-refractivity contribution in [3.8, 4) is 11.1 Å². The number of nitrogens with two attached hydrogens (primary N) is 1. The van der Waals surface area contributed by atoms with Crippen LogP contribution in [0.2, 0.25) is 0 Å². The molecule has 7 heteroatoms. The molecule has 1 aliphatic carbocycles. The first-order valence-corrected chi connectivity index (χ1v) is 10.6. The van der Waals surface area contributed by atoms with Gasteiger partial charge in [0.1, 0.15) is 6.61 Å². The van der Waals surface area contributed by atoms with Crippen molar-refractivity contribution in [1.29, 1.82) is 0 Å². The van der Waals surface area contributed by atoms with Gasteiger partial charge in [-0.05, 0) is 70.7 Å². The number of nitrogens with one attached hydrogen (secondary N) is 1. The monoisotopic (exact) mass is 430 g/mol. The number of hydrogen-bond donors (Lipinski definition) is 4. The largest absolute Gasteiger partial charge is 0.489 e. The molecular weight excluding hydrogens is 403 g/mol. The number of rotatable bonds is 5. The van der Waals surface area contributed by atoms with Gasteiger partial charge in [-0.1, -0.05) is 48.5 Å². The van der Waals surface area contributed by atoms with Crippen LogP contribution in [0.15, 0.2) is 48.5 Å². The summed E-state index contributed by atoms with van der Waals surface area (Å²) in [5, 5.41) is 22.3. The van der Waals surface area contributed by atoms with Gasteiger partial charge in [0.05, 0.1) is 0 Å². The molecule has 164 valence electrons. The molecule has 6 nitrogen and oxygen atoms in total. The van der Waals surface area contributed by atoms with E-state index < -0.39 is 13.2 Å². The summed E-state index contributed by atoms with van der Waals surface area (Å²) in [6.45, 7) is 5.82. The van der Waals surface area contributed by atoms with Crippen molar-refractivity contribution in [3.05, 3.63) is 81.9 Å². The Bertz CT molecular complexity index is 1150. The SMILES string of the molecule is Cc1c(N)c(C)c(B(O)O)c(C)c1CNC(=O)OCC1c2ccccc2-c2ccccc21. The minimum absolute atomic E-state index is 0.0113. The third-order valence-corrected chi connectivity index (χ3v) is 6.53. The van der Waals surface area contributed by atoms with Crippen LogP contribution in [0.5, 0.6) is 0 Å². The molecule has 0 fully saturated rings. The Hall–Kier alpha value is -3.29. The second-order valence-corrected chi connectivity index (χ2v) is 8.23. The lowest BCUT2D eigenvalue weighted by Crippen LogP contribution is -2.37. The van der Waals surface area contributed by atoms with Crippen LogP contribution in [0.3, 0.4) is 0 Å². The zero-order valence-electron chi connectivity index (χ0n) is 18.5. The number of fused-ring (bicyclic) bond motifs is 3. The average molecular weight is 430 g/mol. The maximum Gasteiger partial charge on any atom is 0.489 e. The lowest BCUT2D eigenvalue weighted by molar-refractivity contribution is 0.142. The lowest BCUT2D eigenvalue weighted by atomic mass is 9.71. The van der Waals surface area contributed by atoms with Crippen LogP contribution in [-0.2, 0) is 11.3 Å². The van der Waals surface area contributed by atoms with E-state index in [2.05, 4.69) is 29.6 Å². The molecule has 0 aliphatic heterocycles. The highest BCUT2D eigenvalue weighted by Gasteiger charge is 2.29. The maximum absolute atomic E-state index is 12.5. The molecule has 0 saturated carbocycles. The fourth-order valence-electron chi connectivity index (χ4n) is 4.78. The molecule has 4 rings (SSSR count). The van der Waals surface area contributed by atoms with Crippen molar-refractivity contribution in [1.82, 2.24) is 5.32 Å². The van der Waals surface area contributed by atoms with Gasteiger partial charge in [-0.2, -0.15) is 0 Å². The van der Waals surface area contributed by atoms with Gasteiger partial charge in [0.25, 0.3) is 0 Å². The molecule has 0 aromatic heterocycles. The van der Waals surface area contributed by atoms with E-state index in [9.17, 15) is 14.8 Å². The van der Waals surface area contributed by atoms with Crippen molar-refractivity contribution < 1.29 is 19.6 Å². The number of carbonyl (C=O) groups is 1. The van der Waals surface area contributed by atoms with Crippen molar-refractivity contribution >= 4 is 24.4 Å². The number of amides is 1. The number of anilines is 1. The number of hydrogen-bond acceptors (Lipinski definition) is 5. The molecule has 1 amide bonds. The molecule has 0 heterocycles. The van der Waals surface area contributed by atoms with Crippen molar-refractivity contribution in [2.45, 2.75) is 33.2 Å². The standard InChI is InChI=1S/C25H27BN2O4/c1-14-21(15(2)24(27)16(3)23(14)26(30)31)12-28-25(29)32-13-22-19-10-6-4-8-17(19)18-9-5-7-11-20(18)22/h4-11,22,30-31H,12-13,27H2,1-3H3,(H,28,29). The molecule has 0 atom stereocenters. The van der Waals surface area contributed by atoms with Crippen LogP contribution >= 0.6 is 0 Å². The van der Waals surface area contributed by atoms with E-state index >= 15 is 0 Å². The highest BCUT2D eigenvalue weighted by Crippen LogP contribution is 2.44. The van der Waals surface area contributed by atoms with E-state index in [0.717, 1.165) is 22.3 Å². The summed E-state index contributed by atoms with van der Waals surface area (Å²) in [5.41, 5.74) is 14.6. The summed E-state index contributed by atoms with van der Waals surface area (Å²) in [5.74, 6) is -0.0113. The van der Waals surface area contributed by atoms with Gasteiger partial charge in [0.2, 0.25) is 0 Å². The highest BCUT2D eigenvalue weighted by molar-refractivity contribution is 6.60. The molecule has 0 bridgehead atoms. The Labute approximate surface area is 188 Å². The summed E-state index contributed by atoms with van der Waals surface area (Å²) in [6, 6.07) is 16.4. The molecule has 32 heavy (non-hydrogen) atoms. The van der Waals surface area contributed by atoms with Gasteiger partial charge < -0.3 is 25.8 Å². The third kappa shape index (κ3) is 3.74. The minimum Gasteiger partial charge on any atom is -0.449 e. The highest BCUT2D eigenvalue weighted by atomic mass is 16.5. The topological polar surface area (TPSA) is 105 Å². The fraction of sp³-hybridized carbons (Fsp3) is 0.240. The fourth-order valence-corrected chi connectivity index (χ4v) is 4.78. The summed E-state index contributed by atoms with van der Waals surface area (Å²) in [7, 11) is -1.63. The van der Waals surface area contributed by atoms with E-state index in [4.69, 9.17) is 10.5 Å². The predicted molar refractivity (Wildman–Crippen MR) is 127 cm³/mol. The van der Waals surface area contributed by atoms with Crippen LogP contribution in [0.4, 0.5) is 10.5 Å². The second-order valence-electron chi connectivity index (χ2n) is 8.23. The first kappa shape index (κ1) is 21.9. The molecule has 1 aliphatic rings. The number of nitrogen functional groups attached to an aromatic ring is 1. The minimum atomic E-state index is -1.63. The van der Waals surface area contributed by atoms with Gasteiger partial charge >= 0.3 is 13.2 Å². The first-order chi connectivity index (χ1) is 15.3. The predicted octanol–water partition coefficient (Wildman–Crippen LogP) is 2.91. The Kier molecular flexibility index (Phi) is 5.95. The second kappa shape index (κ2) is 8.69. The quantitative estimate of drug-likeness (QED) is 0.368. The van der Waals surface area contributed by atoms with Crippen LogP contribution in [0.1, 0.15) is 39.3 Å². The van der Waals surface area contributed by atoms with Crippen LogP contribution < -0.4 is 16.5 Å². The maximum atomic E-state index is 12.5. The van der Waals surface area contributed by atoms with Gasteiger partial charge in [-0.15, -0.1) is 0 Å². The number of alkyl carbamates (subject to hydrolysis) is 1. The van der Waals surface area contributed by atoms with Crippen LogP contribution in [-0.4, -0.2) is 29.9 Å². The zero-order chi connectivity index (χ0) is 23.0. The Morgan fingerprint density at radius 1 is 0.969 bits per heavy atom. The number of ether oxygens (including phenoxy) is 1. The summed E-state index contributed by atoms with van der Waals surface area (Å²) in [6.07, 6.45) is -0.532. The molecule has 5 N–H and O–H groups in total.